The van der Waals surface area contributed by atoms with Crippen LogP contribution in [0.2, 0.25) is 0 Å². The molecule has 2 aromatic heterocycles. The fourth-order valence-electron chi connectivity index (χ4n) is 3.76. The molecule has 1 aliphatic rings. The molecular weight excluding hydrogens is 380 g/mol. The number of carbonyl (C=O) groups excluding carboxylic acids is 1. The first-order valence-corrected chi connectivity index (χ1v) is 10.9. The molecule has 1 fully saturated rings. The molecule has 3 heterocycles. The van der Waals surface area contributed by atoms with Gasteiger partial charge in [-0.3, -0.25) is 14.5 Å². The number of carbonyl (C=O) groups is 1. The van der Waals surface area contributed by atoms with Crippen LogP contribution in [0, 0.1) is 0 Å². The average molecular weight is 413 g/mol. The topological polar surface area (TPSA) is 85.4 Å². The molecule has 0 atom stereocenters. The molecule has 0 aromatic carbocycles. The number of anilines is 1. The van der Waals surface area contributed by atoms with Gasteiger partial charge >= 0.3 is 0 Å². The molecule has 8 heteroatoms. The van der Waals surface area contributed by atoms with Crippen molar-refractivity contribution in [3.05, 3.63) is 40.4 Å². The first-order chi connectivity index (χ1) is 14.5. The number of H-pyrrole nitrogens is 1. The molecule has 0 unspecified atom stereocenters. The van der Waals surface area contributed by atoms with Gasteiger partial charge in [-0.15, -0.1) is 0 Å². The Morgan fingerprint density at radius 1 is 1.13 bits per heavy atom. The van der Waals surface area contributed by atoms with E-state index in [2.05, 4.69) is 24.8 Å². The maximum Gasteiger partial charge on any atom is 0.251 e. The van der Waals surface area contributed by atoms with E-state index in [1.54, 1.807) is 6.20 Å². The highest BCUT2D eigenvalue weighted by molar-refractivity contribution is 5.78. The maximum atomic E-state index is 12.4. The van der Waals surface area contributed by atoms with Crippen molar-refractivity contribution in [1.29, 1.82) is 0 Å². The third-order valence-electron chi connectivity index (χ3n) is 5.57. The number of amides is 1. The molecular formula is C22H32N6O2. The maximum absolute atomic E-state index is 12.4. The summed E-state index contributed by atoms with van der Waals surface area (Å²) >= 11 is 0. The van der Waals surface area contributed by atoms with E-state index in [4.69, 9.17) is 0 Å². The van der Waals surface area contributed by atoms with Gasteiger partial charge in [0.05, 0.1) is 6.54 Å². The van der Waals surface area contributed by atoms with Crippen molar-refractivity contribution in [3.8, 4) is 11.4 Å². The number of hydrogen-bond donors (Lipinski definition) is 1. The second-order valence-electron chi connectivity index (χ2n) is 7.53. The Balaban J connectivity index is 1.64. The van der Waals surface area contributed by atoms with Crippen LogP contribution in [0.15, 0.2) is 29.2 Å². The minimum atomic E-state index is -0.146. The van der Waals surface area contributed by atoms with Gasteiger partial charge in [-0.25, -0.2) is 9.97 Å². The molecule has 0 bridgehead atoms. The second-order valence-corrected chi connectivity index (χ2v) is 7.53. The van der Waals surface area contributed by atoms with E-state index < -0.39 is 0 Å². The van der Waals surface area contributed by atoms with Crippen LogP contribution >= 0.6 is 0 Å². The molecule has 162 valence electrons. The fourth-order valence-corrected chi connectivity index (χ4v) is 3.76. The van der Waals surface area contributed by atoms with Crippen molar-refractivity contribution in [2.45, 2.75) is 33.6 Å². The molecule has 1 saturated heterocycles. The van der Waals surface area contributed by atoms with Crippen molar-refractivity contribution < 1.29 is 4.79 Å². The molecule has 30 heavy (non-hydrogen) atoms. The highest BCUT2D eigenvalue weighted by atomic mass is 16.2. The highest BCUT2D eigenvalue weighted by Crippen LogP contribution is 2.19. The number of aromatic nitrogens is 3. The van der Waals surface area contributed by atoms with Crippen LogP contribution in [0.5, 0.6) is 0 Å². The largest absolute Gasteiger partial charge is 0.355 e. The van der Waals surface area contributed by atoms with E-state index in [1.807, 2.05) is 37.8 Å². The lowest BCUT2D eigenvalue weighted by Crippen LogP contribution is -2.41. The Morgan fingerprint density at radius 2 is 1.93 bits per heavy atom. The van der Waals surface area contributed by atoms with Crippen molar-refractivity contribution >= 4 is 11.7 Å². The zero-order chi connectivity index (χ0) is 21.5. The number of rotatable bonds is 7. The van der Waals surface area contributed by atoms with Gasteiger partial charge in [-0.2, -0.15) is 0 Å². The summed E-state index contributed by atoms with van der Waals surface area (Å²) in [5.74, 6) is 1.66. The molecule has 0 spiro atoms. The second kappa shape index (κ2) is 10.3. The Bertz CT molecular complexity index is 891. The molecule has 3 rings (SSSR count). The Morgan fingerprint density at radius 3 is 2.60 bits per heavy atom. The van der Waals surface area contributed by atoms with Crippen LogP contribution < -0.4 is 10.5 Å². The van der Waals surface area contributed by atoms with Gasteiger partial charge in [-0.1, -0.05) is 6.92 Å². The van der Waals surface area contributed by atoms with Crippen molar-refractivity contribution in [2.24, 2.45) is 0 Å². The summed E-state index contributed by atoms with van der Waals surface area (Å²) in [6.07, 6.45) is 3.46. The molecule has 1 N–H and O–H groups in total. The van der Waals surface area contributed by atoms with Gasteiger partial charge in [0, 0.05) is 62.8 Å². The van der Waals surface area contributed by atoms with Crippen LogP contribution in [-0.4, -0.2) is 76.5 Å². The number of aromatic amines is 1. The summed E-state index contributed by atoms with van der Waals surface area (Å²) in [7, 11) is 0. The summed E-state index contributed by atoms with van der Waals surface area (Å²) < 4.78 is 0. The zero-order valence-electron chi connectivity index (χ0n) is 18.2. The van der Waals surface area contributed by atoms with E-state index in [9.17, 15) is 9.59 Å². The number of hydrogen-bond acceptors (Lipinski definition) is 6. The van der Waals surface area contributed by atoms with E-state index >= 15 is 0 Å². The van der Waals surface area contributed by atoms with Crippen LogP contribution in [0.4, 0.5) is 5.82 Å². The van der Waals surface area contributed by atoms with Gasteiger partial charge in [0.2, 0.25) is 5.91 Å². The van der Waals surface area contributed by atoms with Crippen molar-refractivity contribution in [2.75, 3.05) is 50.7 Å². The highest BCUT2D eigenvalue weighted by Gasteiger charge is 2.20. The lowest BCUT2D eigenvalue weighted by Gasteiger charge is -2.25. The summed E-state index contributed by atoms with van der Waals surface area (Å²) in [6, 6.07) is 5.45. The molecule has 0 radical (unpaired) electrons. The fraction of sp³-hybridized carbons (Fsp3) is 0.545. The lowest BCUT2D eigenvalue weighted by atomic mass is 10.2. The smallest absolute Gasteiger partial charge is 0.251 e. The number of pyridine rings is 1. The first kappa shape index (κ1) is 22.0. The van der Waals surface area contributed by atoms with Gasteiger partial charge < -0.3 is 14.8 Å². The molecule has 0 saturated carbocycles. The minimum Gasteiger partial charge on any atom is -0.355 e. The summed E-state index contributed by atoms with van der Waals surface area (Å²) in [6.45, 7) is 11.5. The Hall–Kier alpha value is -2.74. The van der Waals surface area contributed by atoms with E-state index in [1.165, 1.54) is 6.07 Å². The first-order valence-electron chi connectivity index (χ1n) is 10.9. The quantitative estimate of drug-likeness (QED) is 0.746. The lowest BCUT2D eigenvalue weighted by molar-refractivity contribution is -0.132. The van der Waals surface area contributed by atoms with E-state index in [-0.39, 0.29) is 11.5 Å². The third kappa shape index (κ3) is 5.44. The summed E-state index contributed by atoms with van der Waals surface area (Å²) in [4.78, 5) is 42.5. The predicted octanol–water partition coefficient (Wildman–Crippen LogP) is 1.77. The van der Waals surface area contributed by atoms with Gasteiger partial charge in [-0.05, 0) is 38.8 Å². The van der Waals surface area contributed by atoms with Crippen molar-refractivity contribution in [1.82, 2.24) is 24.8 Å². The minimum absolute atomic E-state index is 0.146. The average Bonchev–Trinajstić information content (AvgIpc) is 3.00. The van der Waals surface area contributed by atoms with Crippen LogP contribution in [0.25, 0.3) is 11.4 Å². The SMILES string of the molecule is CCc1cc(=O)[nH]c(-c2ccc(N3CCCN(CC(=O)N(CC)CC)CC3)nc2)n1. The van der Waals surface area contributed by atoms with Gasteiger partial charge in [0.1, 0.15) is 11.6 Å². The Kier molecular flexibility index (Phi) is 7.57. The van der Waals surface area contributed by atoms with Gasteiger partial charge in [0.15, 0.2) is 0 Å². The normalized spacial score (nSPS) is 15.1. The standard InChI is InChI=1S/C22H32N6O2/c1-4-18-14-20(29)25-22(24-18)17-8-9-19(23-15-17)28-11-7-10-26(12-13-28)16-21(30)27(5-2)6-3/h8-9,14-15H,4-7,10-13,16H2,1-3H3,(H,24,25,29). The van der Waals surface area contributed by atoms with Crippen molar-refractivity contribution in [3.63, 3.8) is 0 Å². The third-order valence-corrected chi connectivity index (χ3v) is 5.57. The van der Waals surface area contributed by atoms with E-state index in [0.717, 1.165) is 62.8 Å². The molecule has 2 aromatic rings. The molecule has 1 aliphatic heterocycles. The zero-order valence-corrected chi connectivity index (χ0v) is 18.2. The van der Waals surface area contributed by atoms with Crippen LogP contribution in [0.3, 0.4) is 0 Å². The Labute approximate surface area is 177 Å². The van der Waals surface area contributed by atoms with Crippen LogP contribution in [0.1, 0.15) is 32.9 Å². The summed E-state index contributed by atoms with van der Waals surface area (Å²) in [5, 5.41) is 0. The van der Waals surface area contributed by atoms with E-state index in [0.29, 0.717) is 18.8 Å². The number of aryl methyl sites for hydroxylation is 1. The number of likely N-dealkylation sites (N-methyl/N-ethyl adjacent to an activating group) is 1. The van der Waals surface area contributed by atoms with Crippen LogP contribution in [-0.2, 0) is 11.2 Å². The number of nitrogens with one attached hydrogen (secondary N) is 1. The molecule has 0 aliphatic carbocycles. The predicted molar refractivity (Wildman–Crippen MR) is 119 cm³/mol. The monoisotopic (exact) mass is 412 g/mol. The van der Waals surface area contributed by atoms with Gasteiger partial charge in [0.25, 0.3) is 5.56 Å². The molecule has 8 nitrogen and oxygen atoms in total. The molecule has 1 amide bonds. The number of nitrogens with zero attached hydrogens (tertiary/aromatic N) is 5. The summed E-state index contributed by atoms with van der Waals surface area (Å²) in [5.41, 5.74) is 1.42.